The average Bonchev–Trinajstić information content (AvgIpc) is 2.85. The van der Waals surface area contributed by atoms with Crippen LogP contribution in [0.5, 0.6) is 11.5 Å². The fourth-order valence-corrected chi connectivity index (χ4v) is 4.66. The number of amidine groups is 1. The van der Waals surface area contributed by atoms with Crippen molar-refractivity contribution in [1.82, 2.24) is 4.90 Å². The zero-order valence-electron chi connectivity index (χ0n) is 20.1. The van der Waals surface area contributed by atoms with Crippen LogP contribution in [0.1, 0.15) is 46.0 Å². The standard InChI is InChI=1S/C26H33N3O4S/c1-4-6-7-8-17-33-22-15-11-19(12-16-22)27-25(31)23-18-24(30)29(5-2)26(34-23)28-20-9-13-21(32-3)14-10-20/h9-16,23H,4-8,17-18H2,1-3H3,(H,27,31)/t23-/m0/s1. The molecule has 2 aromatic rings. The van der Waals surface area contributed by atoms with Crippen molar-refractivity contribution in [3.05, 3.63) is 48.5 Å². The number of benzene rings is 2. The lowest BCUT2D eigenvalue weighted by Gasteiger charge is -2.30. The second-order valence-electron chi connectivity index (χ2n) is 7.96. The number of unbranched alkanes of at least 4 members (excludes halogenated alkanes) is 3. The molecule has 1 heterocycles. The zero-order valence-corrected chi connectivity index (χ0v) is 20.9. The highest BCUT2D eigenvalue weighted by molar-refractivity contribution is 8.15. The fourth-order valence-electron chi connectivity index (χ4n) is 3.50. The highest BCUT2D eigenvalue weighted by Crippen LogP contribution is 2.30. The van der Waals surface area contributed by atoms with Crippen LogP contribution in [0.4, 0.5) is 11.4 Å². The van der Waals surface area contributed by atoms with Crippen molar-refractivity contribution in [2.45, 2.75) is 51.2 Å². The third-order valence-electron chi connectivity index (χ3n) is 5.43. The number of thioether (sulfide) groups is 1. The molecular formula is C26H33N3O4S. The summed E-state index contributed by atoms with van der Waals surface area (Å²) in [5.41, 5.74) is 1.36. The van der Waals surface area contributed by atoms with Crippen LogP contribution in [0.25, 0.3) is 0 Å². The maximum absolute atomic E-state index is 12.9. The summed E-state index contributed by atoms with van der Waals surface area (Å²) in [6.07, 6.45) is 4.75. The molecule has 1 N–H and O–H groups in total. The maximum atomic E-state index is 12.9. The number of carbonyl (C=O) groups is 2. The number of nitrogens with zero attached hydrogens (tertiary/aromatic N) is 2. The van der Waals surface area contributed by atoms with E-state index in [0.29, 0.717) is 29.7 Å². The van der Waals surface area contributed by atoms with Crippen molar-refractivity contribution < 1.29 is 19.1 Å². The number of amides is 2. The summed E-state index contributed by atoms with van der Waals surface area (Å²) in [6, 6.07) is 14.6. The van der Waals surface area contributed by atoms with Crippen LogP contribution in [-0.4, -0.2) is 47.4 Å². The van der Waals surface area contributed by atoms with Crippen LogP contribution in [0.3, 0.4) is 0 Å². The number of aliphatic imine (C=N–C) groups is 1. The number of hydrogen-bond acceptors (Lipinski definition) is 6. The summed E-state index contributed by atoms with van der Waals surface area (Å²) in [4.78, 5) is 31.9. The molecule has 8 heteroatoms. The quantitative estimate of drug-likeness (QED) is 0.419. The highest BCUT2D eigenvalue weighted by Gasteiger charge is 2.35. The first-order valence-electron chi connectivity index (χ1n) is 11.8. The molecule has 1 saturated heterocycles. The lowest BCUT2D eigenvalue weighted by molar-refractivity contribution is -0.129. The number of carbonyl (C=O) groups excluding carboxylic acids is 2. The monoisotopic (exact) mass is 483 g/mol. The number of nitrogens with one attached hydrogen (secondary N) is 1. The number of hydrogen-bond donors (Lipinski definition) is 1. The van der Waals surface area contributed by atoms with E-state index in [4.69, 9.17) is 9.47 Å². The van der Waals surface area contributed by atoms with Gasteiger partial charge in [-0.1, -0.05) is 37.9 Å². The van der Waals surface area contributed by atoms with Gasteiger partial charge in [-0.3, -0.25) is 14.5 Å². The Balaban J connectivity index is 1.61. The van der Waals surface area contributed by atoms with E-state index in [1.54, 1.807) is 12.0 Å². The Morgan fingerprint density at radius 3 is 2.41 bits per heavy atom. The Morgan fingerprint density at radius 2 is 1.76 bits per heavy atom. The van der Waals surface area contributed by atoms with Gasteiger partial charge in [-0.15, -0.1) is 0 Å². The van der Waals surface area contributed by atoms with Gasteiger partial charge in [0.15, 0.2) is 5.17 Å². The van der Waals surface area contributed by atoms with Crippen LogP contribution in [0, 0.1) is 0 Å². The predicted octanol–water partition coefficient (Wildman–Crippen LogP) is 5.63. The lowest BCUT2D eigenvalue weighted by atomic mass is 10.2. The molecule has 1 aliphatic rings. The van der Waals surface area contributed by atoms with Gasteiger partial charge < -0.3 is 14.8 Å². The first kappa shape index (κ1) is 25.6. The number of methoxy groups -OCH3 is 1. The smallest absolute Gasteiger partial charge is 0.238 e. The summed E-state index contributed by atoms with van der Waals surface area (Å²) in [5, 5.41) is 2.89. The Kier molecular flexibility index (Phi) is 9.82. The molecule has 1 atom stereocenters. The van der Waals surface area contributed by atoms with E-state index < -0.39 is 5.25 Å². The normalized spacial score (nSPS) is 17.0. The number of ether oxygens (including phenoxy) is 2. The fraction of sp³-hybridized carbons (Fsp3) is 0.423. The first-order chi connectivity index (χ1) is 16.5. The molecule has 0 saturated carbocycles. The third kappa shape index (κ3) is 7.25. The molecule has 0 spiro atoms. The SMILES string of the molecule is CCCCCCOc1ccc(NC(=O)[C@@H]2CC(=O)N(CC)C(=Nc3ccc(OC)cc3)S2)cc1. The second kappa shape index (κ2) is 13.0. The van der Waals surface area contributed by atoms with E-state index in [0.717, 1.165) is 17.9 Å². The molecule has 2 aromatic carbocycles. The molecule has 1 aliphatic heterocycles. The van der Waals surface area contributed by atoms with E-state index >= 15 is 0 Å². The predicted molar refractivity (Wildman–Crippen MR) is 138 cm³/mol. The van der Waals surface area contributed by atoms with Crippen molar-refractivity contribution in [2.24, 2.45) is 4.99 Å². The van der Waals surface area contributed by atoms with E-state index in [2.05, 4.69) is 17.2 Å². The molecular weight excluding hydrogens is 450 g/mol. The summed E-state index contributed by atoms with van der Waals surface area (Å²) in [6.45, 7) is 5.27. The Bertz CT molecular complexity index is 977. The minimum atomic E-state index is -0.554. The minimum absolute atomic E-state index is 0.111. The van der Waals surface area contributed by atoms with Crippen LogP contribution in [0.15, 0.2) is 53.5 Å². The second-order valence-corrected chi connectivity index (χ2v) is 9.13. The molecule has 2 amide bonds. The molecule has 0 aliphatic carbocycles. The van der Waals surface area contributed by atoms with Crippen molar-refractivity contribution >= 4 is 40.1 Å². The number of rotatable bonds is 11. The van der Waals surface area contributed by atoms with Crippen LogP contribution >= 0.6 is 11.8 Å². The molecule has 3 rings (SSSR count). The molecule has 0 bridgehead atoms. The van der Waals surface area contributed by atoms with Gasteiger partial charge >= 0.3 is 0 Å². The van der Waals surface area contributed by atoms with Gasteiger partial charge in [0.25, 0.3) is 0 Å². The van der Waals surface area contributed by atoms with E-state index in [9.17, 15) is 9.59 Å². The summed E-state index contributed by atoms with van der Waals surface area (Å²) >= 11 is 1.31. The molecule has 0 radical (unpaired) electrons. The summed E-state index contributed by atoms with van der Waals surface area (Å²) < 4.78 is 10.9. The van der Waals surface area contributed by atoms with Crippen molar-refractivity contribution in [3.63, 3.8) is 0 Å². The van der Waals surface area contributed by atoms with Crippen molar-refractivity contribution in [2.75, 3.05) is 25.6 Å². The molecule has 7 nitrogen and oxygen atoms in total. The highest BCUT2D eigenvalue weighted by atomic mass is 32.2. The largest absolute Gasteiger partial charge is 0.497 e. The van der Waals surface area contributed by atoms with E-state index in [1.807, 2.05) is 55.5 Å². The maximum Gasteiger partial charge on any atom is 0.238 e. The minimum Gasteiger partial charge on any atom is -0.497 e. The van der Waals surface area contributed by atoms with Crippen molar-refractivity contribution in [3.8, 4) is 11.5 Å². The van der Waals surface area contributed by atoms with E-state index in [1.165, 1.54) is 31.0 Å². The van der Waals surface area contributed by atoms with Crippen LogP contribution in [-0.2, 0) is 9.59 Å². The van der Waals surface area contributed by atoms with Crippen LogP contribution < -0.4 is 14.8 Å². The molecule has 34 heavy (non-hydrogen) atoms. The van der Waals surface area contributed by atoms with Gasteiger partial charge in [0.1, 0.15) is 16.7 Å². The number of anilines is 1. The summed E-state index contributed by atoms with van der Waals surface area (Å²) in [7, 11) is 1.60. The van der Waals surface area contributed by atoms with Crippen LogP contribution in [0.2, 0.25) is 0 Å². The third-order valence-corrected chi connectivity index (χ3v) is 6.62. The average molecular weight is 484 g/mol. The van der Waals surface area contributed by atoms with Gasteiger partial charge in [0.05, 0.1) is 19.4 Å². The van der Waals surface area contributed by atoms with E-state index in [-0.39, 0.29) is 18.2 Å². The van der Waals surface area contributed by atoms with Gasteiger partial charge in [-0.05, 0) is 61.9 Å². The first-order valence-corrected chi connectivity index (χ1v) is 12.7. The Morgan fingerprint density at radius 1 is 1.06 bits per heavy atom. The molecule has 1 fully saturated rings. The van der Waals surface area contributed by atoms with Gasteiger partial charge in [0, 0.05) is 18.7 Å². The van der Waals surface area contributed by atoms with Gasteiger partial charge in [-0.25, -0.2) is 4.99 Å². The topological polar surface area (TPSA) is 80.2 Å². The summed E-state index contributed by atoms with van der Waals surface area (Å²) in [5.74, 6) is 1.18. The van der Waals surface area contributed by atoms with Gasteiger partial charge in [-0.2, -0.15) is 0 Å². The van der Waals surface area contributed by atoms with Gasteiger partial charge in [0.2, 0.25) is 11.8 Å². The molecule has 0 unspecified atom stereocenters. The lowest BCUT2D eigenvalue weighted by Crippen LogP contribution is -2.45. The Labute approximate surface area is 205 Å². The molecule has 182 valence electrons. The zero-order chi connectivity index (χ0) is 24.3. The Hall–Kier alpha value is -3.00. The van der Waals surface area contributed by atoms with Crippen molar-refractivity contribution in [1.29, 1.82) is 0 Å². The molecule has 0 aromatic heterocycles.